The van der Waals surface area contributed by atoms with Gasteiger partial charge in [0.15, 0.2) is 0 Å². The zero-order valence-electron chi connectivity index (χ0n) is 10.9. The van der Waals surface area contributed by atoms with E-state index in [0.29, 0.717) is 23.7 Å². The number of piperazine rings is 1. The summed E-state index contributed by atoms with van der Waals surface area (Å²) in [5, 5.41) is 0.700. The van der Waals surface area contributed by atoms with Crippen LogP contribution < -0.4 is 4.90 Å². The van der Waals surface area contributed by atoms with Crippen molar-refractivity contribution in [3.63, 3.8) is 0 Å². The molecule has 0 aromatic heterocycles. The zero-order chi connectivity index (χ0) is 14.2. The van der Waals surface area contributed by atoms with Gasteiger partial charge in [-0.3, -0.25) is 0 Å². The summed E-state index contributed by atoms with van der Waals surface area (Å²) in [5.74, 6) is 0. The fourth-order valence-corrected chi connectivity index (χ4v) is 4.31. The largest absolute Gasteiger partial charge is 0.335 e. The van der Waals surface area contributed by atoms with E-state index >= 15 is 0 Å². The first kappa shape index (κ1) is 15.1. The maximum absolute atomic E-state index is 12.6. The third kappa shape index (κ3) is 2.90. The molecule has 0 saturated carbocycles. The van der Waals surface area contributed by atoms with Crippen LogP contribution in [0.25, 0.3) is 0 Å². The van der Waals surface area contributed by atoms with Crippen molar-refractivity contribution in [1.82, 2.24) is 4.31 Å². The summed E-state index contributed by atoms with van der Waals surface area (Å²) in [6.07, 6.45) is 0. The summed E-state index contributed by atoms with van der Waals surface area (Å²) in [5.41, 5.74) is 0.601. The first-order valence-corrected chi connectivity index (χ1v) is 8.29. The Labute approximate surface area is 124 Å². The lowest BCUT2D eigenvalue weighted by Crippen LogP contribution is -3.12. The Bertz CT molecular complexity index is 582. The van der Waals surface area contributed by atoms with E-state index in [9.17, 15) is 8.42 Å². The van der Waals surface area contributed by atoms with Crippen LogP contribution in [0.4, 0.5) is 0 Å². The fraction of sp³-hybridized carbons (Fsp3) is 0.500. The highest BCUT2D eigenvalue weighted by Crippen LogP contribution is 2.31. The molecule has 106 valence electrons. The van der Waals surface area contributed by atoms with Crippen molar-refractivity contribution in [3.8, 4) is 0 Å². The lowest BCUT2D eigenvalue weighted by atomic mass is 10.2. The molecule has 1 saturated heterocycles. The normalized spacial score (nSPS) is 18.7. The molecule has 1 heterocycles. The highest BCUT2D eigenvalue weighted by Gasteiger charge is 2.31. The quantitative estimate of drug-likeness (QED) is 0.875. The lowest BCUT2D eigenvalue weighted by molar-refractivity contribution is -0.883. The predicted molar refractivity (Wildman–Crippen MR) is 76.6 cm³/mol. The van der Waals surface area contributed by atoms with E-state index in [1.165, 1.54) is 15.3 Å². The molecule has 7 heteroatoms. The summed E-state index contributed by atoms with van der Waals surface area (Å²) >= 11 is 12.1. The highest BCUT2D eigenvalue weighted by molar-refractivity contribution is 7.89. The number of benzene rings is 1. The number of hydrogen-bond acceptors (Lipinski definition) is 2. The van der Waals surface area contributed by atoms with E-state index in [1.54, 1.807) is 13.0 Å². The second-order valence-corrected chi connectivity index (χ2v) is 7.54. The first-order chi connectivity index (χ1) is 8.84. The van der Waals surface area contributed by atoms with Gasteiger partial charge in [0.1, 0.15) is 4.90 Å². The molecule has 0 unspecified atom stereocenters. The van der Waals surface area contributed by atoms with Crippen LogP contribution in [0.5, 0.6) is 0 Å². The number of likely N-dealkylation sites (N-methyl/N-ethyl adjacent to an activating group) is 1. The lowest BCUT2D eigenvalue weighted by Gasteiger charge is -2.29. The Morgan fingerprint density at radius 1 is 1.21 bits per heavy atom. The molecule has 19 heavy (non-hydrogen) atoms. The van der Waals surface area contributed by atoms with E-state index in [4.69, 9.17) is 23.2 Å². The van der Waals surface area contributed by atoms with Crippen molar-refractivity contribution < 1.29 is 13.3 Å². The molecule has 0 bridgehead atoms. The van der Waals surface area contributed by atoms with Crippen molar-refractivity contribution >= 4 is 33.2 Å². The van der Waals surface area contributed by atoms with E-state index in [1.807, 2.05) is 0 Å². The Morgan fingerprint density at radius 2 is 1.79 bits per heavy atom. The van der Waals surface area contributed by atoms with Gasteiger partial charge in [0, 0.05) is 5.02 Å². The summed E-state index contributed by atoms with van der Waals surface area (Å²) in [6, 6.07) is 3.06. The number of nitrogens with one attached hydrogen (secondary N) is 1. The van der Waals surface area contributed by atoms with E-state index < -0.39 is 10.0 Å². The second kappa shape index (κ2) is 5.58. The number of quaternary nitrogens is 1. The molecule has 1 aliphatic rings. The molecule has 0 atom stereocenters. The second-order valence-electron chi connectivity index (χ2n) is 4.85. The predicted octanol–water partition coefficient (Wildman–Crippen LogP) is 0.821. The number of sulfonamides is 1. The molecule has 0 aliphatic carbocycles. The molecule has 1 N–H and O–H groups in total. The van der Waals surface area contributed by atoms with Crippen LogP contribution in [-0.4, -0.2) is 45.9 Å². The minimum Gasteiger partial charge on any atom is -0.335 e. The van der Waals surface area contributed by atoms with Crippen molar-refractivity contribution in [3.05, 3.63) is 27.7 Å². The van der Waals surface area contributed by atoms with Gasteiger partial charge in [0.2, 0.25) is 10.0 Å². The fourth-order valence-electron chi connectivity index (χ4n) is 2.08. The Hall–Kier alpha value is -0.330. The highest BCUT2D eigenvalue weighted by atomic mass is 35.5. The van der Waals surface area contributed by atoms with Gasteiger partial charge in [-0.2, -0.15) is 4.31 Å². The maximum atomic E-state index is 12.6. The van der Waals surface area contributed by atoms with Gasteiger partial charge in [-0.05, 0) is 24.6 Å². The monoisotopic (exact) mass is 323 g/mol. The van der Waals surface area contributed by atoms with E-state index in [2.05, 4.69) is 7.05 Å². The van der Waals surface area contributed by atoms with Crippen LogP contribution >= 0.6 is 23.2 Å². The van der Waals surface area contributed by atoms with Gasteiger partial charge in [-0.15, -0.1) is 0 Å². The van der Waals surface area contributed by atoms with Crippen molar-refractivity contribution in [2.75, 3.05) is 33.2 Å². The van der Waals surface area contributed by atoms with Crippen molar-refractivity contribution in [1.29, 1.82) is 0 Å². The van der Waals surface area contributed by atoms with Crippen molar-refractivity contribution in [2.45, 2.75) is 11.8 Å². The summed E-state index contributed by atoms with van der Waals surface area (Å²) in [4.78, 5) is 1.49. The smallest absolute Gasteiger partial charge is 0.244 e. The molecular weight excluding hydrogens is 307 g/mol. The summed E-state index contributed by atoms with van der Waals surface area (Å²) in [7, 11) is -1.47. The van der Waals surface area contributed by atoms with Crippen LogP contribution in [0.3, 0.4) is 0 Å². The van der Waals surface area contributed by atoms with E-state index in [-0.39, 0.29) is 9.92 Å². The average molecular weight is 324 g/mol. The van der Waals surface area contributed by atoms with Gasteiger partial charge in [0.25, 0.3) is 0 Å². The molecule has 1 fully saturated rings. The van der Waals surface area contributed by atoms with Gasteiger partial charge >= 0.3 is 0 Å². The minimum atomic E-state index is -3.53. The molecule has 2 rings (SSSR count). The molecule has 0 radical (unpaired) electrons. The number of rotatable bonds is 2. The van der Waals surface area contributed by atoms with Crippen LogP contribution in [0.1, 0.15) is 5.56 Å². The Balaban J connectivity index is 2.38. The van der Waals surface area contributed by atoms with Crippen molar-refractivity contribution in [2.24, 2.45) is 0 Å². The summed E-state index contributed by atoms with van der Waals surface area (Å²) < 4.78 is 26.6. The van der Waals surface area contributed by atoms with Gasteiger partial charge in [0.05, 0.1) is 38.2 Å². The van der Waals surface area contributed by atoms with Crippen LogP contribution in [-0.2, 0) is 10.0 Å². The maximum Gasteiger partial charge on any atom is 0.244 e. The molecule has 1 aliphatic heterocycles. The van der Waals surface area contributed by atoms with Gasteiger partial charge < -0.3 is 4.90 Å². The molecule has 1 aromatic rings. The molecule has 0 amide bonds. The third-order valence-electron chi connectivity index (χ3n) is 3.48. The number of halogens is 2. The molecule has 0 spiro atoms. The Kier molecular flexibility index (Phi) is 4.42. The first-order valence-electron chi connectivity index (χ1n) is 6.10. The zero-order valence-corrected chi connectivity index (χ0v) is 13.2. The molecule has 1 aromatic carbocycles. The standard InChI is InChI=1S/C12H16Cl2N2O2S/c1-9-10(13)3-4-11(12(9)14)19(17,18)16-7-5-15(2)6-8-16/h3-4H,5-8H2,1-2H3/p+1. The summed E-state index contributed by atoms with van der Waals surface area (Å²) in [6.45, 7) is 4.38. The van der Waals surface area contributed by atoms with Gasteiger partial charge in [-0.1, -0.05) is 23.2 Å². The Morgan fingerprint density at radius 3 is 2.37 bits per heavy atom. The SMILES string of the molecule is Cc1c(Cl)ccc(S(=O)(=O)N2CC[NH+](C)CC2)c1Cl. The van der Waals surface area contributed by atoms with Crippen LogP contribution in [0, 0.1) is 6.92 Å². The van der Waals surface area contributed by atoms with Gasteiger partial charge in [-0.25, -0.2) is 8.42 Å². The minimum absolute atomic E-state index is 0.149. The third-order valence-corrected chi connectivity index (χ3v) is 6.43. The van der Waals surface area contributed by atoms with Crippen LogP contribution in [0.2, 0.25) is 10.0 Å². The van der Waals surface area contributed by atoms with E-state index in [0.717, 1.165) is 13.1 Å². The molecule has 4 nitrogen and oxygen atoms in total. The topological polar surface area (TPSA) is 41.8 Å². The average Bonchev–Trinajstić information content (AvgIpc) is 2.36. The van der Waals surface area contributed by atoms with Crippen LogP contribution in [0.15, 0.2) is 17.0 Å². The number of nitrogens with zero attached hydrogens (tertiary/aromatic N) is 1. The number of hydrogen-bond donors (Lipinski definition) is 1. The molecular formula is C12H17Cl2N2O2S+.